The number of thioether (sulfide) groups is 1. The zero-order valence-electron chi connectivity index (χ0n) is 19.0. The lowest BCUT2D eigenvalue weighted by Gasteiger charge is -2.26. The van der Waals surface area contributed by atoms with Gasteiger partial charge in [0, 0.05) is 18.5 Å². The van der Waals surface area contributed by atoms with Gasteiger partial charge in [0.15, 0.2) is 5.16 Å². The summed E-state index contributed by atoms with van der Waals surface area (Å²) in [4.78, 5) is 25.5. The summed E-state index contributed by atoms with van der Waals surface area (Å²) in [7, 11) is 0. The van der Waals surface area contributed by atoms with Gasteiger partial charge in [0.25, 0.3) is 5.56 Å². The molecule has 4 aromatic rings. The van der Waals surface area contributed by atoms with Gasteiger partial charge in [0.2, 0.25) is 11.7 Å². The normalized spacial score (nSPS) is 11.7. The molecule has 0 saturated heterocycles. The summed E-state index contributed by atoms with van der Waals surface area (Å²) in [6, 6.07) is 15.7. The molecule has 0 fully saturated rings. The number of amides is 1. The van der Waals surface area contributed by atoms with Crippen molar-refractivity contribution in [3.63, 3.8) is 0 Å². The van der Waals surface area contributed by atoms with Gasteiger partial charge >= 0.3 is 0 Å². The van der Waals surface area contributed by atoms with Crippen LogP contribution >= 0.6 is 11.8 Å². The Bertz CT molecular complexity index is 1400. The number of carbonyl (C=O) groups excluding carboxylic acids is 1. The molecule has 2 aromatic carbocycles. The molecule has 0 spiro atoms. The Morgan fingerprint density at radius 3 is 2.73 bits per heavy atom. The molecule has 1 amide bonds. The number of nitrogens with zero attached hydrogens (tertiary/aromatic N) is 4. The second-order valence-corrected chi connectivity index (χ2v) is 9.60. The minimum absolute atomic E-state index is 0.0822. The van der Waals surface area contributed by atoms with Gasteiger partial charge in [-0.1, -0.05) is 73.6 Å². The van der Waals surface area contributed by atoms with Crippen LogP contribution in [0, 0.1) is 6.92 Å². The molecule has 2 aromatic heterocycles. The van der Waals surface area contributed by atoms with Crippen molar-refractivity contribution in [2.24, 2.45) is 0 Å². The minimum atomic E-state index is -0.190. The molecular formula is C25H27N5O2S. The number of para-hydroxylation sites is 1. The van der Waals surface area contributed by atoms with Crippen molar-refractivity contribution in [1.82, 2.24) is 24.5 Å². The highest BCUT2D eigenvalue weighted by atomic mass is 32.2. The average Bonchev–Trinajstić information content (AvgIpc) is 3.23. The van der Waals surface area contributed by atoms with Crippen molar-refractivity contribution in [2.45, 2.75) is 37.9 Å². The largest absolute Gasteiger partial charge is 0.355 e. The van der Waals surface area contributed by atoms with Crippen LogP contribution in [0.15, 0.2) is 71.1 Å². The van der Waals surface area contributed by atoms with Crippen LogP contribution in [-0.2, 0) is 16.8 Å². The highest BCUT2D eigenvalue weighted by Gasteiger charge is 2.22. The Morgan fingerprint density at radius 1 is 1.18 bits per heavy atom. The Balaban J connectivity index is 1.53. The number of rotatable bonds is 8. The van der Waals surface area contributed by atoms with Gasteiger partial charge in [-0.3, -0.25) is 18.6 Å². The SMILES string of the molecule is C=CCn1c(=O)c2ccccc2n2c(SCC(=O)NCC(C)(C)c3cccc(C)c3)nnc12. The van der Waals surface area contributed by atoms with Crippen molar-refractivity contribution >= 4 is 34.3 Å². The van der Waals surface area contributed by atoms with Crippen LogP contribution < -0.4 is 10.9 Å². The van der Waals surface area contributed by atoms with Gasteiger partial charge in [0.1, 0.15) is 0 Å². The lowest BCUT2D eigenvalue weighted by Crippen LogP contribution is -2.37. The van der Waals surface area contributed by atoms with E-state index in [1.807, 2.05) is 28.7 Å². The first-order chi connectivity index (χ1) is 15.8. The quantitative estimate of drug-likeness (QED) is 0.319. The minimum Gasteiger partial charge on any atom is -0.355 e. The number of aryl methyl sites for hydroxylation is 1. The van der Waals surface area contributed by atoms with Gasteiger partial charge in [-0.25, -0.2) is 0 Å². The molecule has 33 heavy (non-hydrogen) atoms. The van der Waals surface area contributed by atoms with E-state index in [1.54, 1.807) is 12.1 Å². The average molecular weight is 462 g/mol. The van der Waals surface area contributed by atoms with Gasteiger partial charge in [-0.05, 0) is 24.6 Å². The van der Waals surface area contributed by atoms with Gasteiger partial charge in [-0.2, -0.15) is 0 Å². The van der Waals surface area contributed by atoms with Crippen molar-refractivity contribution in [3.05, 3.63) is 82.7 Å². The van der Waals surface area contributed by atoms with E-state index in [2.05, 4.69) is 61.1 Å². The molecule has 8 heteroatoms. The number of hydrogen-bond acceptors (Lipinski definition) is 5. The van der Waals surface area contributed by atoms with E-state index in [-0.39, 0.29) is 22.6 Å². The zero-order chi connectivity index (χ0) is 23.6. The van der Waals surface area contributed by atoms with Crippen LogP contribution in [0.25, 0.3) is 16.7 Å². The number of carbonyl (C=O) groups is 1. The Hall–Kier alpha value is -3.39. The molecule has 0 bridgehead atoms. The molecule has 0 aliphatic rings. The first-order valence-electron chi connectivity index (χ1n) is 10.8. The number of hydrogen-bond donors (Lipinski definition) is 1. The molecule has 0 atom stereocenters. The number of fused-ring (bicyclic) bond motifs is 3. The van der Waals surface area contributed by atoms with E-state index in [0.29, 0.717) is 34.9 Å². The topological polar surface area (TPSA) is 81.3 Å². The number of allylic oxidation sites excluding steroid dienone is 1. The maximum Gasteiger partial charge on any atom is 0.263 e. The van der Waals surface area contributed by atoms with E-state index >= 15 is 0 Å². The molecule has 4 rings (SSSR count). The molecule has 0 radical (unpaired) electrons. The lowest BCUT2D eigenvalue weighted by molar-refractivity contribution is -0.118. The molecule has 0 aliphatic carbocycles. The van der Waals surface area contributed by atoms with Crippen LogP contribution in [-0.4, -0.2) is 37.4 Å². The van der Waals surface area contributed by atoms with E-state index in [0.717, 1.165) is 0 Å². The summed E-state index contributed by atoms with van der Waals surface area (Å²) in [5.41, 5.74) is 2.77. The van der Waals surface area contributed by atoms with Crippen LogP contribution in [0.2, 0.25) is 0 Å². The fourth-order valence-corrected chi connectivity index (χ4v) is 4.56. The summed E-state index contributed by atoms with van der Waals surface area (Å²) in [5, 5.41) is 12.7. The van der Waals surface area contributed by atoms with Crippen molar-refractivity contribution < 1.29 is 4.79 Å². The fourth-order valence-electron chi connectivity index (χ4n) is 3.79. The third-order valence-corrected chi connectivity index (χ3v) is 6.58. The van der Waals surface area contributed by atoms with E-state index in [1.165, 1.54) is 27.5 Å². The predicted octanol–water partition coefficient (Wildman–Crippen LogP) is 3.72. The fraction of sp³-hybridized carbons (Fsp3) is 0.280. The van der Waals surface area contributed by atoms with E-state index in [4.69, 9.17) is 0 Å². The van der Waals surface area contributed by atoms with E-state index < -0.39 is 0 Å². The first kappa shape index (κ1) is 22.8. The molecular weight excluding hydrogens is 434 g/mol. The van der Waals surface area contributed by atoms with Crippen molar-refractivity contribution in [3.8, 4) is 0 Å². The predicted molar refractivity (Wildman–Crippen MR) is 133 cm³/mol. The number of aromatic nitrogens is 4. The second kappa shape index (κ2) is 9.23. The highest BCUT2D eigenvalue weighted by Crippen LogP contribution is 2.24. The standard InChI is InChI=1S/C25H27N5O2S/c1-5-13-29-22(32)19-11-6-7-12-20(19)30-23(29)27-28-24(30)33-15-21(31)26-16-25(3,4)18-10-8-9-17(2)14-18/h5-12,14H,1,13,15-16H2,2-4H3,(H,26,31). The maximum atomic E-state index is 12.9. The summed E-state index contributed by atoms with van der Waals surface area (Å²) in [6.45, 7) is 10.9. The molecule has 0 unspecified atom stereocenters. The second-order valence-electron chi connectivity index (χ2n) is 8.66. The van der Waals surface area contributed by atoms with Gasteiger partial charge in [0.05, 0.1) is 16.7 Å². The van der Waals surface area contributed by atoms with E-state index in [9.17, 15) is 9.59 Å². The molecule has 0 aliphatic heterocycles. The lowest BCUT2D eigenvalue weighted by atomic mass is 9.84. The first-order valence-corrected chi connectivity index (χ1v) is 11.7. The van der Waals surface area contributed by atoms with Crippen molar-refractivity contribution in [2.75, 3.05) is 12.3 Å². The van der Waals surface area contributed by atoms with Crippen LogP contribution in [0.4, 0.5) is 0 Å². The van der Waals surface area contributed by atoms with Crippen LogP contribution in [0.3, 0.4) is 0 Å². The number of nitrogens with one attached hydrogen (secondary N) is 1. The molecule has 2 heterocycles. The monoisotopic (exact) mass is 461 g/mol. The van der Waals surface area contributed by atoms with Gasteiger partial charge < -0.3 is 5.32 Å². The molecule has 170 valence electrons. The molecule has 7 nitrogen and oxygen atoms in total. The zero-order valence-corrected chi connectivity index (χ0v) is 19.9. The molecule has 0 saturated carbocycles. The van der Waals surface area contributed by atoms with Crippen molar-refractivity contribution in [1.29, 1.82) is 0 Å². The Kier molecular flexibility index (Phi) is 6.37. The maximum absolute atomic E-state index is 12.9. The van der Waals surface area contributed by atoms with Gasteiger partial charge in [-0.15, -0.1) is 16.8 Å². The summed E-state index contributed by atoms with van der Waals surface area (Å²) < 4.78 is 3.37. The van der Waals surface area contributed by atoms with Crippen LogP contribution in [0.5, 0.6) is 0 Å². The summed E-state index contributed by atoms with van der Waals surface area (Å²) in [5.74, 6) is 0.544. The smallest absolute Gasteiger partial charge is 0.263 e. The third kappa shape index (κ3) is 4.57. The third-order valence-electron chi connectivity index (χ3n) is 5.65. The van der Waals surface area contributed by atoms with Crippen LogP contribution in [0.1, 0.15) is 25.0 Å². The summed E-state index contributed by atoms with van der Waals surface area (Å²) >= 11 is 1.30. The highest BCUT2D eigenvalue weighted by molar-refractivity contribution is 7.99. The summed E-state index contributed by atoms with van der Waals surface area (Å²) in [6.07, 6.45) is 1.65. The Morgan fingerprint density at radius 2 is 1.97 bits per heavy atom. The molecule has 1 N–H and O–H groups in total. The Labute approximate surface area is 196 Å². The number of benzene rings is 2.